The number of halogens is 2. The fourth-order valence-electron chi connectivity index (χ4n) is 4.82. The monoisotopic (exact) mass is 561 g/mol. The van der Waals surface area contributed by atoms with Crippen LogP contribution in [0.5, 0.6) is 0 Å². The molecule has 0 aliphatic carbocycles. The maximum atomic E-state index is 14.4. The maximum Gasteiger partial charge on any atom is 0.303 e. The topological polar surface area (TPSA) is 162 Å². The number of hydrogen-bond donors (Lipinski definition) is 3. The number of anilines is 2. The van der Waals surface area contributed by atoms with Crippen molar-refractivity contribution in [1.82, 2.24) is 24.7 Å². The van der Waals surface area contributed by atoms with Crippen LogP contribution in [0.4, 0.5) is 16.0 Å². The summed E-state index contributed by atoms with van der Waals surface area (Å²) in [6.45, 7) is 1.72. The smallest absolute Gasteiger partial charge is 0.303 e. The van der Waals surface area contributed by atoms with E-state index in [2.05, 4.69) is 25.4 Å². The van der Waals surface area contributed by atoms with Crippen LogP contribution < -0.4 is 11.1 Å². The first kappa shape index (κ1) is 25.4. The Bertz CT molecular complexity index is 1840. The number of aromatic nitrogens is 5. The van der Waals surface area contributed by atoms with Crippen LogP contribution in [0.25, 0.3) is 22.4 Å². The second-order valence-corrected chi connectivity index (χ2v) is 9.97. The van der Waals surface area contributed by atoms with Crippen LogP contribution in [0.1, 0.15) is 36.1 Å². The van der Waals surface area contributed by atoms with Crippen molar-refractivity contribution in [2.45, 2.75) is 31.7 Å². The number of carbonyl (C=O) groups excluding carboxylic acids is 1. The molecule has 2 aromatic carbocycles. The Labute approximate surface area is 230 Å². The third kappa shape index (κ3) is 4.13. The second-order valence-electron chi connectivity index (χ2n) is 9.53. The van der Waals surface area contributed by atoms with Gasteiger partial charge in [0.2, 0.25) is 11.8 Å². The molecule has 0 bridgehead atoms. The van der Waals surface area contributed by atoms with Gasteiger partial charge in [-0.15, -0.1) is 0 Å². The molecule has 202 valence electrons. The minimum atomic E-state index is -1.45. The minimum absolute atomic E-state index is 0.0110. The third-order valence-electron chi connectivity index (χ3n) is 6.90. The molecule has 0 spiro atoms. The molecule has 0 saturated heterocycles. The number of nitrogen functional groups attached to an aromatic ring is 1. The molecule has 6 rings (SSSR count). The average molecular weight is 562 g/mol. The van der Waals surface area contributed by atoms with Gasteiger partial charge in [0.15, 0.2) is 11.2 Å². The van der Waals surface area contributed by atoms with E-state index in [1.807, 2.05) is 0 Å². The molecule has 13 heteroatoms. The lowest BCUT2D eigenvalue weighted by Gasteiger charge is -2.18. The molecule has 4 N–H and O–H groups in total. The van der Waals surface area contributed by atoms with Gasteiger partial charge in [0.05, 0.1) is 29.7 Å². The van der Waals surface area contributed by atoms with Crippen molar-refractivity contribution in [3.8, 4) is 11.5 Å². The van der Waals surface area contributed by atoms with Crippen LogP contribution in [0.15, 0.2) is 53.1 Å². The largest absolute Gasteiger partial charge is 0.481 e. The molecule has 1 atom stereocenters. The van der Waals surface area contributed by atoms with Crippen LogP contribution in [-0.2, 0) is 28.0 Å². The van der Waals surface area contributed by atoms with Crippen molar-refractivity contribution >= 4 is 46.0 Å². The first-order valence-corrected chi connectivity index (χ1v) is 12.6. The molecule has 40 heavy (non-hydrogen) atoms. The van der Waals surface area contributed by atoms with E-state index in [4.69, 9.17) is 26.9 Å². The number of nitrogens with one attached hydrogen (secondary N) is 1. The van der Waals surface area contributed by atoms with Crippen LogP contribution in [0.3, 0.4) is 0 Å². The fraction of sp³-hybridized carbons (Fsp3) is 0.185. The van der Waals surface area contributed by atoms with E-state index in [1.54, 1.807) is 48.0 Å². The van der Waals surface area contributed by atoms with Crippen molar-refractivity contribution in [1.29, 1.82) is 0 Å². The second kappa shape index (κ2) is 9.42. The summed E-state index contributed by atoms with van der Waals surface area (Å²) in [7, 11) is 0. The standard InChI is InChI=1S/C27H21ClFN7O4/c1-27(26-31-15(12-40-26)7-9-19(37)38)20-22(30)32-24(33-23(20)34-25(27)39)21-16-8-6-14(28)10-18(16)36(35-21)11-13-4-2-3-5-17(13)29/h2-6,8,10,12H,7,9,11H2,1H3,(H,37,38)(H3,30,32,33,34,39)/t27-/m0/s1. The molecule has 0 saturated carbocycles. The number of nitrogens with two attached hydrogens (primary N) is 1. The molecular formula is C27H21ClFN7O4. The van der Waals surface area contributed by atoms with Crippen LogP contribution >= 0.6 is 11.6 Å². The molecule has 0 radical (unpaired) electrons. The average Bonchev–Trinajstić information content (AvgIpc) is 3.60. The Morgan fingerprint density at radius 2 is 2.02 bits per heavy atom. The van der Waals surface area contributed by atoms with Crippen molar-refractivity contribution in [3.63, 3.8) is 0 Å². The summed E-state index contributed by atoms with van der Waals surface area (Å²) in [5.74, 6) is -1.45. The quantitative estimate of drug-likeness (QED) is 0.264. The molecule has 1 aliphatic heterocycles. The van der Waals surface area contributed by atoms with Crippen molar-refractivity contribution < 1.29 is 23.5 Å². The van der Waals surface area contributed by atoms with Crippen LogP contribution in [-0.4, -0.2) is 41.7 Å². The van der Waals surface area contributed by atoms with Gasteiger partial charge < -0.3 is 20.6 Å². The van der Waals surface area contributed by atoms with E-state index < -0.39 is 17.3 Å². The van der Waals surface area contributed by atoms with Gasteiger partial charge >= 0.3 is 5.97 Å². The summed E-state index contributed by atoms with van der Waals surface area (Å²) in [6, 6.07) is 11.6. The first-order chi connectivity index (χ1) is 19.1. The molecule has 5 aromatic rings. The Hall–Kier alpha value is -4.84. The van der Waals surface area contributed by atoms with E-state index in [-0.39, 0.29) is 54.1 Å². The molecule has 3 aromatic heterocycles. The van der Waals surface area contributed by atoms with E-state index in [0.717, 1.165) is 0 Å². The summed E-state index contributed by atoms with van der Waals surface area (Å²) in [5, 5.41) is 17.5. The number of rotatable bonds is 7. The Morgan fingerprint density at radius 1 is 1.23 bits per heavy atom. The number of carboxylic acid groups (broad SMARTS) is 1. The van der Waals surface area contributed by atoms with Gasteiger partial charge in [-0.05, 0) is 31.2 Å². The predicted octanol–water partition coefficient (Wildman–Crippen LogP) is 4.18. The van der Waals surface area contributed by atoms with Crippen molar-refractivity contribution in [2.75, 3.05) is 11.1 Å². The minimum Gasteiger partial charge on any atom is -0.481 e. The maximum absolute atomic E-state index is 14.4. The number of benzene rings is 2. The van der Waals surface area contributed by atoms with Gasteiger partial charge in [0.25, 0.3) is 0 Å². The van der Waals surface area contributed by atoms with E-state index in [1.165, 1.54) is 12.3 Å². The molecular weight excluding hydrogens is 541 g/mol. The number of carboxylic acids is 1. The SMILES string of the molecule is C[C@@]1(c2nc(CCC(=O)O)co2)C(=O)Nc2nc(-c3nn(Cc4ccccc4F)c4cc(Cl)ccc34)nc(N)c21. The lowest BCUT2D eigenvalue weighted by molar-refractivity contribution is -0.137. The molecule has 11 nitrogen and oxygen atoms in total. The number of fused-ring (bicyclic) bond motifs is 2. The van der Waals surface area contributed by atoms with Gasteiger partial charge in [-0.3, -0.25) is 14.3 Å². The van der Waals surface area contributed by atoms with Gasteiger partial charge in [0, 0.05) is 22.4 Å². The summed E-state index contributed by atoms with van der Waals surface area (Å²) < 4.78 is 21.6. The zero-order valence-electron chi connectivity index (χ0n) is 21.0. The highest BCUT2D eigenvalue weighted by Gasteiger charge is 2.51. The summed E-state index contributed by atoms with van der Waals surface area (Å²) in [4.78, 5) is 37.6. The number of nitrogens with zero attached hydrogens (tertiary/aromatic N) is 5. The molecule has 1 amide bonds. The summed E-state index contributed by atoms with van der Waals surface area (Å²) >= 11 is 6.27. The Morgan fingerprint density at radius 3 is 2.80 bits per heavy atom. The van der Waals surface area contributed by atoms with Gasteiger partial charge in [-0.2, -0.15) is 5.10 Å². The van der Waals surface area contributed by atoms with E-state index >= 15 is 0 Å². The van der Waals surface area contributed by atoms with E-state index in [0.29, 0.717) is 32.9 Å². The Balaban J connectivity index is 1.43. The number of amides is 1. The fourth-order valence-corrected chi connectivity index (χ4v) is 4.99. The van der Waals surface area contributed by atoms with Gasteiger partial charge in [-0.1, -0.05) is 29.8 Å². The first-order valence-electron chi connectivity index (χ1n) is 12.2. The zero-order valence-corrected chi connectivity index (χ0v) is 21.7. The number of hydrogen-bond acceptors (Lipinski definition) is 8. The third-order valence-corrected chi connectivity index (χ3v) is 7.14. The van der Waals surface area contributed by atoms with E-state index in [9.17, 15) is 14.0 Å². The molecule has 1 aliphatic rings. The van der Waals surface area contributed by atoms with Crippen molar-refractivity contribution in [3.05, 3.63) is 82.3 Å². The highest BCUT2D eigenvalue weighted by Crippen LogP contribution is 2.45. The summed E-state index contributed by atoms with van der Waals surface area (Å²) in [5.41, 5.74) is 7.08. The lowest BCUT2D eigenvalue weighted by Crippen LogP contribution is -2.33. The van der Waals surface area contributed by atoms with Crippen molar-refractivity contribution in [2.24, 2.45) is 0 Å². The number of aliphatic carboxylic acids is 1. The molecule has 0 fully saturated rings. The Kier molecular flexibility index (Phi) is 5.99. The highest BCUT2D eigenvalue weighted by molar-refractivity contribution is 6.31. The van der Waals surface area contributed by atoms with Crippen LogP contribution in [0.2, 0.25) is 5.02 Å². The molecule has 4 heterocycles. The van der Waals surface area contributed by atoms with Crippen LogP contribution in [0, 0.1) is 5.82 Å². The highest BCUT2D eigenvalue weighted by atomic mass is 35.5. The van der Waals surface area contributed by atoms with Gasteiger partial charge in [-0.25, -0.2) is 19.3 Å². The predicted molar refractivity (Wildman–Crippen MR) is 143 cm³/mol. The zero-order chi connectivity index (χ0) is 28.2. The molecule has 0 unspecified atom stereocenters. The summed E-state index contributed by atoms with van der Waals surface area (Å²) in [6.07, 6.45) is 1.32. The normalized spacial score (nSPS) is 16.3. The number of aryl methyl sites for hydroxylation is 1. The van der Waals surface area contributed by atoms with Gasteiger partial charge in [0.1, 0.15) is 29.4 Å². The number of oxazole rings is 1. The number of carbonyl (C=O) groups is 2. The lowest BCUT2D eigenvalue weighted by atomic mass is 9.84.